The van der Waals surface area contributed by atoms with Gasteiger partial charge >= 0.3 is 11.9 Å². The first-order valence-corrected chi connectivity index (χ1v) is 8.90. The van der Waals surface area contributed by atoms with E-state index in [1.165, 1.54) is 6.08 Å². The summed E-state index contributed by atoms with van der Waals surface area (Å²) in [6.45, 7) is 4.49. The summed E-state index contributed by atoms with van der Waals surface area (Å²) in [5.74, 6) is 0.604. The lowest BCUT2D eigenvalue weighted by Crippen LogP contribution is -2.29. The second-order valence-electron chi connectivity index (χ2n) is 6.15. The predicted octanol–water partition coefficient (Wildman–Crippen LogP) is 4.06. The maximum atomic E-state index is 12.3. The molecule has 1 aromatic carbocycles. The highest BCUT2D eigenvalue weighted by molar-refractivity contribution is 5.82. The molecule has 5 heteroatoms. The number of carbonyl (C=O) groups excluding carboxylic acids is 2. The van der Waals surface area contributed by atoms with Crippen molar-refractivity contribution in [1.82, 2.24) is 0 Å². The van der Waals surface area contributed by atoms with Gasteiger partial charge in [0.2, 0.25) is 0 Å². The zero-order valence-corrected chi connectivity index (χ0v) is 14.9. The largest absolute Gasteiger partial charge is 0.494 e. The summed E-state index contributed by atoms with van der Waals surface area (Å²) in [5, 5.41) is 0. The standard InChI is InChI=1S/C20H26O5/c1-3-5-19(21)24-17-8-6-15(7-9-17)20(22)25-18-12-10-16(11-13-18)23-14-4-2/h3,5,10-13,15,17H,4,6-9,14H2,1-2H3/b5-3+/t15-,17-. The van der Waals surface area contributed by atoms with E-state index in [9.17, 15) is 9.59 Å². The van der Waals surface area contributed by atoms with Gasteiger partial charge in [0.05, 0.1) is 12.5 Å². The zero-order chi connectivity index (χ0) is 18.1. The van der Waals surface area contributed by atoms with Gasteiger partial charge in [-0.05, 0) is 63.3 Å². The van der Waals surface area contributed by atoms with Crippen LogP contribution in [0.15, 0.2) is 36.4 Å². The molecule has 1 saturated carbocycles. The van der Waals surface area contributed by atoms with E-state index in [0.29, 0.717) is 38.0 Å². The normalized spacial score (nSPS) is 20.2. The molecule has 5 nitrogen and oxygen atoms in total. The molecular weight excluding hydrogens is 320 g/mol. The fourth-order valence-electron chi connectivity index (χ4n) is 2.78. The van der Waals surface area contributed by atoms with Gasteiger partial charge in [-0.3, -0.25) is 4.79 Å². The van der Waals surface area contributed by atoms with E-state index in [0.717, 1.165) is 12.2 Å². The van der Waals surface area contributed by atoms with E-state index in [1.807, 2.05) is 6.92 Å². The molecular formula is C20H26O5. The minimum absolute atomic E-state index is 0.109. The van der Waals surface area contributed by atoms with Gasteiger partial charge in [0.25, 0.3) is 0 Å². The highest BCUT2D eigenvalue weighted by atomic mass is 16.5. The second-order valence-corrected chi connectivity index (χ2v) is 6.15. The highest BCUT2D eigenvalue weighted by Gasteiger charge is 2.29. The van der Waals surface area contributed by atoms with Crippen molar-refractivity contribution in [2.24, 2.45) is 5.92 Å². The number of hydrogen-bond acceptors (Lipinski definition) is 5. The van der Waals surface area contributed by atoms with Crippen molar-refractivity contribution in [2.45, 2.75) is 52.1 Å². The number of esters is 2. The number of ether oxygens (including phenoxy) is 3. The van der Waals surface area contributed by atoms with Crippen molar-refractivity contribution in [2.75, 3.05) is 6.61 Å². The Morgan fingerprint density at radius 3 is 2.32 bits per heavy atom. The number of rotatable bonds is 7. The van der Waals surface area contributed by atoms with Gasteiger partial charge in [0, 0.05) is 6.08 Å². The lowest BCUT2D eigenvalue weighted by molar-refractivity contribution is -0.147. The quantitative estimate of drug-likeness (QED) is 0.423. The number of carbonyl (C=O) groups is 2. The Bertz CT molecular complexity index is 583. The lowest BCUT2D eigenvalue weighted by atomic mass is 9.87. The second kappa shape index (κ2) is 9.87. The van der Waals surface area contributed by atoms with E-state index in [2.05, 4.69) is 0 Å². The third-order valence-electron chi connectivity index (χ3n) is 4.11. The van der Waals surface area contributed by atoms with Gasteiger partial charge in [0.1, 0.15) is 17.6 Å². The van der Waals surface area contributed by atoms with Crippen LogP contribution in [0.1, 0.15) is 46.0 Å². The fraction of sp³-hybridized carbons (Fsp3) is 0.500. The van der Waals surface area contributed by atoms with Crippen LogP contribution < -0.4 is 9.47 Å². The van der Waals surface area contributed by atoms with Crippen molar-refractivity contribution in [1.29, 1.82) is 0 Å². The van der Waals surface area contributed by atoms with Gasteiger partial charge in [0.15, 0.2) is 0 Å². The number of hydrogen-bond donors (Lipinski definition) is 0. The van der Waals surface area contributed by atoms with E-state index in [4.69, 9.17) is 14.2 Å². The Morgan fingerprint density at radius 2 is 1.72 bits per heavy atom. The smallest absolute Gasteiger partial charge is 0.330 e. The van der Waals surface area contributed by atoms with Crippen LogP contribution in [0.3, 0.4) is 0 Å². The zero-order valence-electron chi connectivity index (χ0n) is 14.9. The Kier molecular flexibility index (Phi) is 7.51. The van der Waals surface area contributed by atoms with Gasteiger partial charge in [-0.25, -0.2) is 4.79 Å². The first kappa shape index (κ1) is 19.0. The molecule has 25 heavy (non-hydrogen) atoms. The summed E-state index contributed by atoms with van der Waals surface area (Å²) < 4.78 is 16.3. The lowest BCUT2D eigenvalue weighted by Gasteiger charge is -2.26. The van der Waals surface area contributed by atoms with Crippen molar-refractivity contribution in [3.05, 3.63) is 36.4 Å². The predicted molar refractivity (Wildman–Crippen MR) is 94.5 cm³/mol. The molecule has 136 valence electrons. The molecule has 0 atom stereocenters. The first-order chi connectivity index (χ1) is 12.1. The SMILES string of the molecule is C/C=C/C(=O)O[C@H]1CC[C@H](C(=O)Oc2ccc(OCCC)cc2)CC1. The van der Waals surface area contributed by atoms with Crippen molar-refractivity contribution < 1.29 is 23.8 Å². The third-order valence-corrected chi connectivity index (χ3v) is 4.11. The molecule has 0 radical (unpaired) electrons. The topological polar surface area (TPSA) is 61.8 Å². The first-order valence-electron chi connectivity index (χ1n) is 8.90. The van der Waals surface area contributed by atoms with E-state index < -0.39 is 0 Å². The molecule has 1 aliphatic rings. The van der Waals surface area contributed by atoms with Crippen molar-refractivity contribution >= 4 is 11.9 Å². The highest BCUT2D eigenvalue weighted by Crippen LogP contribution is 2.28. The number of benzene rings is 1. The summed E-state index contributed by atoms with van der Waals surface area (Å²) in [6, 6.07) is 7.09. The molecule has 1 fully saturated rings. The Hall–Kier alpha value is -2.30. The summed E-state index contributed by atoms with van der Waals surface area (Å²) >= 11 is 0. The molecule has 1 aromatic rings. The van der Waals surface area contributed by atoms with Crippen LogP contribution in [0, 0.1) is 5.92 Å². The van der Waals surface area contributed by atoms with Crippen LogP contribution in [0.2, 0.25) is 0 Å². The van der Waals surface area contributed by atoms with Crippen LogP contribution in [-0.2, 0) is 14.3 Å². The number of allylic oxidation sites excluding steroid dienone is 1. The van der Waals surface area contributed by atoms with Crippen LogP contribution >= 0.6 is 0 Å². The van der Waals surface area contributed by atoms with Crippen LogP contribution in [0.5, 0.6) is 11.5 Å². The molecule has 0 aliphatic heterocycles. The average Bonchev–Trinajstić information content (AvgIpc) is 2.62. The monoisotopic (exact) mass is 346 g/mol. The Morgan fingerprint density at radius 1 is 1.08 bits per heavy atom. The maximum Gasteiger partial charge on any atom is 0.330 e. The molecule has 0 aromatic heterocycles. The fourth-order valence-corrected chi connectivity index (χ4v) is 2.78. The van der Waals surface area contributed by atoms with Crippen LogP contribution in [-0.4, -0.2) is 24.6 Å². The average molecular weight is 346 g/mol. The van der Waals surface area contributed by atoms with Crippen LogP contribution in [0.25, 0.3) is 0 Å². The van der Waals surface area contributed by atoms with Gasteiger partial charge in [-0.15, -0.1) is 0 Å². The third kappa shape index (κ3) is 6.25. The summed E-state index contributed by atoms with van der Waals surface area (Å²) in [6.07, 6.45) is 6.62. The molecule has 0 N–H and O–H groups in total. The summed E-state index contributed by atoms with van der Waals surface area (Å²) in [7, 11) is 0. The Balaban J connectivity index is 1.77. The Labute approximate surface area is 149 Å². The van der Waals surface area contributed by atoms with Gasteiger partial charge < -0.3 is 14.2 Å². The molecule has 0 unspecified atom stereocenters. The molecule has 0 bridgehead atoms. The van der Waals surface area contributed by atoms with Gasteiger partial charge in [-0.2, -0.15) is 0 Å². The molecule has 0 amide bonds. The molecule has 0 saturated heterocycles. The molecule has 1 aliphatic carbocycles. The van der Waals surface area contributed by atoms with E-state index in [-0.39, 0.29) is 24.0 Å². The summed E-state index contributed by atoms with van der Waals surface area (Å²) in [5.41, 5.74) is 0. The molecule has 0 heterocycles. The van der Waals surface area contributed by atoms with Crippen LogP contribution in [0.4, 0.5) is 0 Å². The van der Waals surface area contributed by atoms with Crippen molar-refractivity contribution in [3.8, 4) is 11.5 Å². The van der Waals surface area contributed by atoms with E-state index >= 15 is 0 Å². The minimum Gasteiger partial charge on any atom is -0.494 e. The van der Waals surface area contributed by atoms with Gasteiger partial charge in [-0.1, -0.05) is 13.0 Å². The van der Waals surface area contributed by atoms with Crippen molar-refractivity contribution in [3.63, 3.8) is 0 Å². The minimum atomic E-state index is -0.320. The maximum absolute atomic E-state index is 12.3. The van der Waals surface area contributed by atoms with E-state index in [1.54, 1.807) is 37.3 Å². The summed E-state index contributed by atoms with van der Waals surface area (Å²) in [4.78, 5) is 23.7. The molecule has 2 rings (SSSR count). The molecule has 0 spiro atoms.